The van der Waals surface area contributed by atoms with Crippen LogP contribution in [0.3, 0.4) is 0 Å². The van der Waals surface area contributed by atoms with Gasteiger partial charge in [-0.15, -0.1) is 0 Å². The summed E-state index contributed by atoms with van der Waals surface area (Å²) in [6, 6.07) is 0. The fourth-order valence-electron chi connectivity index (χ4n) is 6.15. The van der Waals surface area contributed by atoms with Crippen molar-refractivity contribution < 1.29 is 4.57 Å². The molecule has 230 valence electrons. The molecular formula is C37H73N2+. The van der Waals surface area contributed by atoms with Crippen LogP contribution in [0.4, 0.5) is 0 Å². The minimum Gasteiger partial charge on any atom is -0.234 e. The molecule has 0 amide bonds. The molecule has 0 unspecified atom stereocenters. The Balaban J connectivity index is 2.13. The molecule has 2 heteroatoms. The molecule has 0 aliphatic heterocycles. The first-order valence-electron chi connectivity index (χ1n) is 18.4. The van der Waals surface area contributed by atoms with Gasteiger partial charge in [0, 0.05) is 6.42 Å². The van der Waals surface area contributed by atoms with Gasteiger partial charge < -0.3 is 0 Å². The normalized spacial score (nSPS) is 11.6. The van der Waals surface area contributed by atoms with Crippen molar-refractivity contribution in [1.82, 2.24) is 4.57 Å². The van der Waals surface area contributed by atoms with E-state index >= 15 is 0 Å². The summed E-state index contributed by atoms with van der Waals surface area (Å²) in [7, 11) is 0. The van der Waals surface area contributed by atoms with Gasteiger partial charge in [0.05, 0.1) is 13.1 Å². The minimum atomic E-state index is 1.23. The highest BCUT2D eigenvalue weighted by Gasteiger charge is 2.16. The van der Waals surface area contributed by atoms with Crippen molar-refractivity contribution in [2.24, 2.45) is 0 Å². The highest BCUT2D eigenvalue weighted by atomic mass is 15.1. The number of hydrogen-bond acceptors (Lipinski definition) is 0. The van der Waals surface area contributed by atoms with E-state index in [-0.39, 0.29) is 0 Å². The summed E-state index contributed by atoms with van der Waals surface area (Å²) in [5.74, 6) is 1.60. The molecule has 0 radical (unpaired) electrons. The number of nitrogens with zero attached hydrogens (tertiary/aromatic N) is 2. The molecular weight excluding hydrogens is 472 g/mol. The van der Waals surface area contributed by atoms with Crippen molar-refractivity contribution in [2.75, 3.05) is 0 Å². The minimum absolute atomic E-state index is 1.23. The average Bonchev–Trinajstić information content (AvgIpc) is 3.33. The van der Waals surface area contributed by atoms with E-state index in [4.69, 9.17) is 0 Å². The molecule has 0 bridgehead atoms. The van der Waals surface area contributed by atoms with E-state index in [0.29, 0.717) is 0 Å². The molecule has 0 saturated heterocycles. The third-order valence-corrected chi connectivity index (χ3v) is 8.85. The largest absolute Gasteiger partial charge is 0.256 e. The van der Waals surface area contributed by atoms with Crippen LogP contribution in [0.15, 0.2) is 12.4 Å². The van der Waals surface area contributed by atoms with Crippen LogP contribution < -0.4 is 4.57 Å². The van der Waals surface area contributed by atoms with Crippen molar-refractivity contribution >= 4 is 0 Å². The van der Waals surface area contributed by atoms with Gasteiger partial charge in [-0.05, 0) is 32.1 Å². The summed E-state index contributed by atoms with van der Waals surface area (Å²) < 4.78 is 5.21. The second-order valence-corrected chi connectivity index (χ2v) is 12.7. The van der Waals surface area contributed by atoms with Gasteiger partial charge in [0.2, 0.25) is 0 Å². The lowest BCUT2D eigenvalue weighted by atomic mass is 10.0. The Kier molecular flexibility index (Phi) is 26.7. The smallest absolute Gasteiger partial charge is 0.234 e. The number of unbranched alkanes of at least 4 members (excludes halogenated alkanes) is 25. The van der Waals surface area contributed by atoms with Crippen LogP contribution in [0.5, 0.6) is 0 Å². The zero-order valence-corrected chi connectivity index (χ0v) is 27.5. The Morgan fingerprint density at radius 2 is 0.795 bits per heavy atom. The predicted molar refractivity (Wildman–Crippen MR) is 175 cm³/mol. The van der Waals surface area contributed by atoms with Gasteiger partial charge in [-0.25, -0.2) is 9.13 Å². The van der Waals surface area contributed by atoms with E-state index in [1.165, 1.54) is 199 Å². The maximum absolute atomic E-state index is 2.61. The van der Waals surface area contributed by atoms with Gasteiger partial charge >= 0.3 is 0 Å². The first-order chi connectivity index (χ1) is 19.3. The topological polar surface area (TPSA) is 8.81 Å². The molecule has 0 saturated carbocycles. The zero-order chi connectivity index (χ0) is 28.1. The summed E-state index contributed by atoms with van der Waals surface area (Å²) in [6.45, 7) is 9.39. The summed E-state index contributed by atoms with van der Waals surface area (Å²) in [5.41, 5.74) is 0. The molecule has 1 aromatic rings. The van der Waals surface area contributed by atoms with Crippen molar-refractivity contribution in [3.05, 3.63) is 18.2 Å². The van der Waals surface area contributed by atoms with Gasteiger partial charge in [-0.2, -0.15) is 0 Å². The first kappa shape index (κ1) is 36.2. The number of aryl methyl sites for hydroxylation is 2. The Labute approximate surface area is 247 Å². The molecule has 1 aromatic heterocycles. The first-order valence-corrected chi connectivity index (χ1v) is 18.4. The van der Waals surface area contributed by atoms with Gasteiger partial charge in [0.1, 0.15) is 12.4 Å². The number of aromatic nitrogens is 2. The van der Waals surface area contributed by atoms with E-state index < -0.39 is 0 Å². The van der Waals surface area contributed by atoms with Gasteiger partial charge in [-0.1, -0.05) is 168 Å². The van der Waals surface area contributed by atoms with Crippen molar-refractivity contribution in [2.45, 2.75) is 220 Å². The van der Waals surface area contributed by atoms with Crippen molar-refractivity contribution in [1.29, 1.82) is 0 Å². The number of imidazole rings is 1. The Hall–Kier alpha value is -0.790. The second kappa shape index (κ2) is 28.7. The monoisotopic (exact) mass is 546 g/mol. The molecule has 0 fully saturated rings. The molecule has 2 nitrogen and oxygen atoms in total. The van der Waals surface area contributed by atoms with Crippen LogP contribution >= 0.6 is 0 Å². The van der Waals surface area contributed by atoms with Gasteiger partial charge in [-0.3, -0.25) is 0 Å². The quantitative estimate of drug-likeness (QED) is 0.0648. The lowest BCUT2D eigenvalue weighted by Gasteiger charge is -2.07. The second-order valence-electron chi connectivity index (χ2n) is 12.7. The van der Waals surface area contributed by atoms with E-state index in [2.05, 4.69) is 42.3 Å². The molecule has 0 aliphatic carbocycles. The fourth-order valence-corrected chi connectivity index (χ4v) is 6.15. The third kappa shape index (κ3) is 21.6. The molecule has 0 aliphatic rings. The number of hydrogen-bond donors (Lipinski definition) is 0. The Morgan fingerprint density at radius 1 is 0.436 bits per heavy atom. The van der Waals surface area contributed by atoms with Crippen LogP contribution in [-0.4, -0.2) is 4.57 Å². The van der Waals surface area contributed by atoms with Crippen LogP contribution in [0.2, 0.25) is 0 Å². The van der Waals surface area contributed by atoms with Crippen LogP contribution in [0.1, 0.15) is 206 Å². The van der Waals surface area contributed by atoms with E-state index in [0.717, 1.165) is 0 Å². The highest BCUT2D eigenvalue weighted by molar-refractivity contribution is 4.84. The van der Waals surface area contributed by atoms with Gasteiger partial charge in [0.15, 0.2) is 0 Å². The third-order valence-electron chi connectivity index (χ3n) is 8.85. The van der Waals surface area contributed by atoms with E-state index in [1.807, 2.05) is 0 Å². The summed E-state index contributed by atoms with van der Waals surface area (Å²) in [4.78, 5) is 0. The summed E-state index contributed by atoms with van der Waals surface area (Å²) in [5, 5.41) is 0. The summed E-state index contributed by atoms with van der Waals surface area (Å²) in [6.07, 6.45) is 46.0. The van der Waals surface area contributed by atoms with Crippen molar-refractivity contribution in [3.8, 4) is 0 Å². The van der Waals surface area contributed by atoms with Crippen LogP contribution in [-0.2, 0) is 19.5 Å². The molecule has 1 heterocycles. The van der Waals surface area contributed by atoms with Crippen molar-refractivity contribution in [3.63, 3.8) is 0 Å². The van der Waals surface area contributed by atoms with Crippen LogP contribution in [0, 0.1) is 0 Å². The molecule has 0 atom stereocenters. The molecule has 0 aromatic carbocycles. The molecule has 1 rings (SSSR count). The van der Waals surface area contributed by atoms with Crippen LogP contribution in [0.25, 0.3) is 0 Å². The standard InChI is InChI=1S/C37H73N2/c1-4-7-10-12-14-16-18-19-20-21-22-24-26-28-31-34-39-36-35-38(37(39)32-29-9-6-3)33-30-27-25-23-17-15-13-11-8-5-2/h35-36H,4-34H2,1-3H3/q+1. The van der Waals surface area contributed by atoms with Gasteiger partial charge in [0.25, 0.3) is 5.82 Å². The predicted octanol–water partition coefficient (Wildman–Crippen LogP) is 12.3. The average molecular weight is 546 g/mol. The zero-order valence-electron chi connectivity index (χ0n) is 27.5. The molecule has 0 N–H and O–H groups in total. The fraction of sp³-hybridized carbons (Fsp3) is 0.919. The lowest BCUT2D eigenvalue weighted by molar-refractivity contribution is -0.704. The van der Waals surface area contributed by atoms with E-state index in [9.17, 15) is 0 Å². The summed E-state index contributed by atoms with van der Waals surface area (Å²) >= 11 is 0. The Bertz CT molecular complexity index is 605. The molecule has 0 spiro atoms. The number of rotatable bonds is 31. The SMILES string of the molecule is CCCCCCCCCCCCCCCCC[n+]1ccn(CCCCCCCCCCCC)c1CCCCC. The highest BCUT2D eigenvalue weighted by Crippen LogP contribution is 2.15. The molecule has 39 heavy (non-hydrogen) atoms. The Morgan fingerprint density at radius 3 is 1.23 bits per heavy atom. The lowest BCUT2D eigenvalue weighted by Crippen LogP contribution is -2.37. The maximum atomic E-state index is 2.61. The van der Waals surface area contributed by atoms with E-state index in [1.54, 1.807) is 5.82 Å². The maximum Gasteiger partial charge on any atom is 0.256 e.